The average molecular weight is 263 g/mol. The van der Waals surface area contributed by atoms with Crippen LogP contribution in [0.1, 0.15) is 44.2 Å². The number of ether oxygens (including phenoxy) is 1. The third kappa shape index (κ3) is 4.22. The molecular formula is C16H25NO2. The molecule has 1 saturated carbocycles. The van der Waals surface area contributed by atoms with E-state index in [1.165, 1.54) is 18.4 Å². The summed E-state index contributed by atoms with van der Waals surface area (Å²) in [6.07, 6.45) is 3.26. The van der Waals surface area contributed by atoms with Gasteiger partial charge in [0.05, 0.1) is 5.60 Å². The van der Waals surface area contributed by atoms with Crippen LogP contribution in [0.3, 0.4) is 0 Å². The second-order valence-electron chi connectivity index (χ2n) is 5.86. The van der Waals surface area contributed by atoms with Crippen LogP contribution in [0.25, 0.3) is 0 Å². The van der Waals surface area contributed by atoms with Crippen LogP contribution >= 0.6 is 0 Å². The van der Waals surface area contributed by atoms with Gasteiger partial charge in [-0.15, -0.1) is 0 Å². The minimum atomic E-state index is -0.760. The zero-order chi connectivity index (χ0) is 13.9. The second kappa shape index (κ2) is 5.93. The first-order valence-corrected chi connectivity index (χ1v) is 7.19. The Morgan fingerprint density at radius 2 is 2.16 bits per heavy atom. The summed E-state index contributed by atoms with van der Waals surface area (Å²) < 4.78 is 5.89. The molecule has 2 rings (SSSR count). The van der Waals surface area contributed by atoms with E-state index in [-0.39, 0.29) is 0 Å². The third-order valence-corrected chi connectivity index (χ3v) is 3.74. The maximum atomic E-state index is 10.1. The summed E-state index contributed by atoms with van der Waals surface area (Å²) >= 11 is 0. The number of nitrogens with one attached hydrogen (secondary N) is 1. The van der Waals surface area contributed by atoms with Crippen molar-refractivity contribution < 1.29 is 9.84 Å². The summed E-state index contributed by atoms with van der Waals surface area (Å²) in [5.41, 5.74) is 1.55. The molecule has 1 aliphatic carbocycles. The highest BCUT2D eigenvalue weighted by molar-refractivity contribution is 5.40. The molecule has 19 heavy (non-hydrogen) atoms. The molecule has 0 aromatic heterocycles. The van der Waals surface area contributed by atoms with E-state index < -0.39 is 5.60 Å². The van der Waals surface area contributed by atoms with E-state index in [4.69, 9.17) is 4.74 Å². The zero-order valence-corrected chi connectivity index (χ0v) is 12.2. The fourth-order valence-corrected chi connectivity index (χ4v) is 1.93. The topological polar surface area (TPSA) is 41.5 Å². The molecule has 1 fully saturated rings. The molecule has 0 aliphatic heterocycles. The Morgan fingerprint density at radius 1 is 1.42 bits per heavy atom. The van der Waals surface area contributed by atoms with Crippen molar-refractivity contribution in [2.45, 2.75) is 58.2 Å². The molecule has 0 radical (unpaired) electrons. The summed E-state index contributed by atoms with van der Waals surface area (Å²) in [6.45, 7) is 7.02. The average Bonchev–Trinajstić information content (AvgIpc) is 3.19. The lowest BCUT2D eigenvalue weighted by Crippen LogP contribution is -2.31. The van der Waals surface area contributed by atoms with Gasteiger partial charge >= 0.3 is 0 Å². The number of para-hydroxylation sites is 1. The predicted molar refractivity (Wildman–Crippen MR) is 77.5 cm³/mol. The van der Waals surface area contributed by atoms with E-state index >= 15 is 0 Å². The molecule has 1 aliphatic rings. The molecule has 3 nitrogen and oxygen atoms in total. The predicted octanol–water partition coefficient (Wildman–Crippen LogP) is 2.79. The van der Waals surface area contributed by atoms with Crippen LogP contribution in [0.15, 0.2) is 18.2 Å². The molecule has 1 aromatic rings. The Hall–Kier alpha value is -1.06. The van der Waals surface area contributed by atoms with Gasteiger partial charge in [0.1, 0.15) is 12.4 Å². The Labute approximate surface area is 116 Å². The maximum Gasteiger partial charge on any atom is 0.126 e. The van der Waals surface area contributed by atoms with Crippen molar-refractivity contribution >= 4 is 0 Å². The molecule has 1 atom stereocenters. The first-order valence-electron chi connectivity index (χ1n) is 7.19. The summed E-state index contributed by atoms with van der Waals surface area (Å²) in [5, 5.41) is 13.6. The van der Waals surface area contributed by atoms with Crippen LogP contribution in [0.4, 0.5) is 0 Å². The van der Waals surface area contributed by atoms with Gasteiger partial charge in [-0.25, -0.2) is 0 Å². The molecular weight excluding hydrogens is 238 g/mol. The Balaban J connectivity index is 2.03. The van der Waals surface area contributed by atoms with Gasteiger partial charge in [-0.05, 0) is 38.7 Å². The van der Waals surface area contributed by atoms with Crippen molar-refractivity contribution in [2.75, 3.05) is 6.61 Å². The number of aliphatic hydroxyl groups is 1. The van der Waals surface area contributed by atoms with Gasteiger partial charge < -0.3 is 15.2 Å². The Bertz CT molecular complexity index is 425. The highest BCUT2D eigenvalue weighted by Crippen LogP contribution is 2.26. The first kappa shape index (κ1) is 14.4. The van der Waals surface area contributed by atoms with E-state index in [9.17, 15) is 5.11 Å². The summed E-state index contributed by atoms with van der Waals surface area (Å²) in [7, 11) is 0. The highest BCUT2D eigenvalue weighted by Gasteiger charge is 2.22. The van der Waals surface area contributed by atoms with Gasteiger partial charge in [0.2, 0.25) is 0 Å². The fraction of sp³-hybridized carbons (Fsp3) is 0.625. The van der Waals surface area contributed by atoms with Gasteiger partial charge in [0, 0.05) is 18.2 Å². The van der Waals surface area contributed by atoms with E-state index in [1.54, 1.807) is 0 Å². The second-order valence-corrected chi connectivity index (χ2v) is 5.86. The Kier molecular flexibility index (Phi) is 4.48. The van der Waals surface area contributed by atoms with Crippen molar-refractivity contribution in [2.24, 2.45) is 0 Å². The van der Waals surface area contributed by atoms with E-state index in [0.29, 0.717) is 19.1 Å². The molecule has 3 heteroatoms. The van der Waals surface area contributed by atoms with Crippen molar-refractivity contribution in [3.8, 4) is 5.75 Å². The quantitative estimate of drug-likeness (QED) is 0.795. The van der Waals surface area contributed by atoms with Gasteiger partial charge in [0.25, 0.3) is 0 Å². The van der Waals surface area contributed by atoms with Crippen LogP contribution in [-0.2, 0) is 6.54 Å². The number of hydrogen-bond acceptors (Lipinski definition) is 3. The SMILES string of the molecule is CCC(C)(O)COc1c(C)cccc1CNC1CC1. The molecule has 0 amide bonds. The number of hydrogen-bond donors (Lipinski definition) is 2. The molecule has 106 valence electrons. The Morgan fingerprint density at radius 3 is 2.79 bits per heavy atom. The summed E-state index contributed by atoms with van der Waals surface area (Å²) in [6, 6.07) is 6.89. The number of rotatable bonds is 7. The van der Waals surface area contributed by atoms with E-state index in [2.05, 4.69) is 30.4 Å². The standard InChI is InChI=1S/C16H25NO2/c1-4-16(3,18)11-19-15-12(2)6-5-7-13(15)10-17-14-8-9-14/h5-7,14,17-18H,4,8-11H2,1-3H3. The van der Waals surface area contributed by atoms with Crippen LogP contribution in [0, 0.1) is 6.92 Å². The van der Waals surface area contributed by atoms with Crippen molar-refractivity contribution in [1.82, 2.24) is 5.32 Å². The molecule has 0 saturated heterocycles. The van der Waals surface area contributed by atoms with Gasteiger partial charge in [-0.1, -0.05) is 25.1 Å². The van der Waals surface area contributed by atoms with Crippen molar-refractivity contribution in [3.05, 3.63) is 29.3 Å². The monoisotopic (exact) mass is 263 g/mol. The minimum Gasteiger partial charge on any atom is -0.490 e. The van der Waals surface area contributed by atoms with Gasteiger partial charge in [0.15, 0.2) is 0 Å². The normalized spacial score (nSPS) is 18.1. The first-order chi connectivity index (χ1) is 9.02. The van der Waals surface area contributed by atoms with Crippen molar-refractivity contribution in [3.63, 3.8) is 0 Å². The number of aryl methyl sites for hydroxylation is 1. The van der Waals surface area contributed by atoms with Crippen LogP contribution < -0.4 is 10.1 Å². The van der Waals surface area contributed by atoms with E-state index in [0.717, 1.165) is 17.9 Å². The van der Waals surface area contributed by atoms with Crippen molar-refractivity contribution in [1.29, 1.82) is 0 Å². The molecule has 1 aromatic carbocycles. The molecule has 0 bridgehead atoms. The summed E-state index contributed by atoms with van der Waals surface area (Å²) in [5.74, 6) is 0.921. The maximum absolute atomic E-state index is 10.1. The number of benzene rings is 1. The molecule has 0 spiro atoms. The molecule has 1 unspecified atom stereocenters. The zero-order valence-electron chi connectivity index (χ0n) is 12.2. The van der Waals surface area contributed by atoms with Gasteiger partial charge in [-0.2, -0.15) is 0 Å². The van der Waals surface area contributed by atoms with Crippen LogP contribution in [0.5, 0.6) is 5.75 Å². The lowest BCUT2D eigenvalue weighted by molar-refractivity contribution is 0.00796. The lowest BCUT2D eigenvalue weighted by atomic mass is 10.1. The third-order valence-electron chi connectivity index (χ3n) is 3.74. The lowest BCUT2D eigenvalue weighted by Gasteiger charge is -2.23. The minimum absolute atomic E-state index is 0.338. The van der Waals surface area contributed by atoms with Gasteiger partial charge in [-0.3, -0.25) is 0 Å². The molecule has 0 heterocycles. The summed E-state index contributed by atoms with van der Waals surface area (Å²) in [4.78, 5) is 0. The molecule has 2 N–H and O–H groups in total. The highest BCUT2D eigenvalue weighted by atomic mass is 16.5. The van der Waals surface area contributed by atoms with Crippen LogP contribution in [0.2, 0.25) is 0 Å². The van der Waals surface area contributed by atoms with Crippen LogP contribution in [-0.4, -0.2) is 23.4 Å². The fourth-order valence-electron chi connectivity index (χ4n) is 1.93. The largest absolute Gasteiger partial charge is 0.490 e. The van der Waals surface area contributed by atoms with E-state index in [1.807, 2.05) is 13.8 Å². The smallest absolute Gasteiger partial charge is 0.126 e.